The summed E-state index contributed by atoms with van der Waals surface area (Å²) in [5.74, 6) is 0. The fourth-order valence-electron chi connectivity index (χ4n) is 1.92. The van der Waals surface area contributed by atoms with Crippen LogP contribution in [0, 0.1) is 6.92 Å². The smallest absolute Gasteiger partial charge is 0.412 e. The number of amides is 1. The SMILES string of the molecule is Cc1cc(CC(C)(C)N)ccc1NC(=O)OC(C)(C)C. The van der Waals surface area contributed by atoms with Gasteiger partial charge in [0.15, 0.2) is 0 Å². The van der Waals surface area contributed by atoms with Crippen LogP contribution in [0.25, 0.3) is 0 Å². The molecule has 0 aliphatic rings. The Kier molecular flexibility index (Phi) is 4.81. The largest absolute Gasteiger partial charge is 0.444 e. The van der Waals surface area contributed by atoms with Crippen molar-refractivity contribution in [3.05, 3.63) is 29.3 Å². The van der Waals surface area contributed by atoms with Gasteiger partial charge in [0.05, 0.1) is 0 Å². The highest BCUT2D eigenvalue weighted by molar-refractivity contribution is 5.85. The molecule has 0 spiro atoms. The summed E-state index contributed by atoms with van der Waals surface area (Å²) < 4.78 is 5.24. The molecule has 0 saturated carbocycles. The van der Waals surface area contributed by atoms with Crippen molar-refractivity contribution < 1.29 is 9.53 Å². The van der Waals surface area contributed by atoms with Gasteiger partial charge in [0.1, 0.15) is 5.60 Å². The lowest BCUT2D eigenvalue weighted by Crippen LogP contribution is -2.34. The number of carbonyl (C=O) groups is 1. The predicted molar refractivity (Wildman–Crippen MR) is 83.0 cm³/mol. The maximum Gasteiger partial charge on any atom is 0.412 e. The monoisotopic (exact) mass is 278 g/mol. The van der Waals surface area contributed by atoms with E-state index in [0.29, 0.717) is 0 Å². The number of rotatable bonds is 3. The van der Waals surface area contributed by atoms with Crippen LogP contribution >= 0.6 is 0 Å². The first-order chi connectivity index (χ1) is 8.96. The summed E-state index contributed by atoms with van der Waals surface area (Å²) in [6, 6.07) is 5.91. The van der Waals surface area contributed by atoms with E-state index in [2.05, 4.69) is 5.32 Å². The normalized spacial score (nSPS) is 12.2. The second-order valence-electron chi connectivity index (χ2n) is 6.94. The van der Waals surface area contributed by atoms with Gasteiger partial charge >= 0.3 is 6.09 Å². The predicted octanol–water partition coefficient (Wildman–Crippen LogP) is 3.62. The number of nitrogens with two attached hydrogens (primary N) is 1. The highest BCUT2D eigenvalue weighted by Gasteiger charge is 2.17. The molecule has 3 N–H and O–H groups in total. The highest BCUT2D eigenvalue weighted by atomic mass is 16.6. The molecule has 0 saturated heterocycles. The molecule has 0 aliphatic carbocycles. The second-order valence-corrected chi connectivity index (χ2v) is 6.94. The molecule has 0 radical (unpaired) electrons. The molecule has 1 amide bonds. The second kappa shape index (κ2) is 5.83. The maximum atomic E-state index is 11.7. The zero-order chi connectivity index (χ0) is 15.6. The molecular weight excluding hydrogens is 252 g/mol. The molecule has 1 aromatic rings. The number of carbonyl (C=O) groups excluding carboxylic acids is 1. The fraction of sp³-hybridized carbons (Fsp3) is 0.562. The number of nitrogens with one attached hydrogen (secondary N) is 1. The third kappa shape index (κ3) is 6.06. The Morgan fingerprint density at radius 3 is 2.30 bits per heavy atom. The summed E-state index contributed by atoms with van der Waals surface area (Å²) in [5.41, 5.74) is 8.19. The summed E-state index contributed by atoms with van der Waals surface area (Å²) >= 11 is 0. The number of anilines is 1. The van der Waals surface area contributed by atoms with Gasteiger partial charge < -0.3 is 10.5 Å². The molecule has 0 aliphatic heterocycles. The van der Waals surface area contributed by atoms with Crippen molar-refractivity contribution in [3.63, 3.8) is 0 Å². The first-order valence-corrected chi connectivity index (χ1v) is 6.85. The Labute approximate surface area is 121 Å². The van der Waals surface area contributed by atoms with Gasteiger partial charge in [0.2, 0.25) is 0 Å². The molecule has 0 bridgehead atoms. The van der Waals surface area contributed by atoms with Crippen molar-refractivity contribution in [2.24, 2.45) is 5.73 Å². The molecule has 112 valence electrons. The quantitative estimate of drug-likeness (QED) is 0.887. The van der Waals surface area contributed by atoms with Crippen LogP contribution in [-0.2, 0) is 11.2 Å². The average molecular weight is 278 g/mol. The number of hydrogen-bond acceptors (Lipinski definition) is 3. The number of hydrogen-bond donors (Lipinski definition) is 2. The Balaban J connectivity index is 2.76. The van der Waals surface area contributed by atoms with Crippen LogP contribution in [-0.4, -0.2) is 17.2 Å². The molecule has 1 aromatic carbocycles. The van der Waals surface area contributed by atoms with E-state index >= 15 is 0 Å². The van der Waals surface area contributed by atoms with Crippen LogP contribution in [0.1, 0.15) is 45.7 Å². The van der Waals surface area contributed by atoms with Gasteiger partial charge in [-0.2, -0.15) is 0 Å². The Bertz CT molecular complexity index is 482. The summed E-state index contributed by atoms with van der Waals surface area (Å²) in [7, 11) is 0. The van der Waals surface area contributed by atoms with E-state index in [9.17, 15) is 4.79 Å². The molecule has 0 atom stereocenters. The lowest BCUT2D eigenvalue weighted by Gasteiger charge is -2.21. The summed E-state index contributed by atoms with van der Waals surface area (Å²) in [6.45, 7) is 11.5. The third-order valence-electron chi connectivity index (χ3n) is 2.59. The van der Waals surface area contributed by atoms with Gasteiger partial charge in [-0.05, 0) is 65.2 Å². The Hall–Kier alpha value is -1.55. The van der Waals surface area contributed by atoms with Gasteiger partial charge in [-0.15, -0.1) is 0 Å². The first kappa shape index (κ1) is 16.5. The fourth-order valence-corrected chi connectivity index (χ4v) is 1.92. The van der Waals surface area contributed by atoms with Gasteiger partial charge in [-0.1, -0.05) is 12.1 Å². The number of ether oxygens (including phenoxy) is 1. The molecule has 0 heterocycles. The zero-order valence-corrected chi connectivity index (χ0v) is 13.3. The highest BCUT2D eigenvalue weighted by Crippen LogP contribution is 2.20. The lowest BCUT2D eigenvalue weighted by molar-refractivity contribution is 0.0636. The molecule has 4 nitrogen and oxygen atoms in total. The van der Waals surface area contributed by atoms with Crippen LogP contribution in [0.2, 0.25) is 0 Å². The van der Waals surface area contributed by atoms with Gasteiger partial charge in [-0.25, -0.2) is 4.79 Å². The van der Waals surface area contributed by atoms with Crippen LogP contribution < -0.4 is 11.1 Å². The van der Waals surface area contributed by atoms with Crippen molar-refractivity contribution in [3.8, 4) is 0 Å². The maximum absolute atomic E-state index is 11.7. The van der Waals surface area contributed by atoms with E-state index in [4.69, 9.17) is 10.5 Å². The Morgan fingerprint density at radius 2 is 1.85 bits per heavy atom. The molecule has 0 unspecified atom stereocenters. The summed E-state index contributed by atoms with van der Waals surface area (Å²) in [6.07, 6.45) is 0.355. The topological polar surface area (TPSA) is 64.3 Å². The average Bonchev–Trinajstić information content (AvgIpc) is 2.17. The van der Waals surface area contributed by atoms with Crippen molar-refractivity contribution in [2.45, 2.75) is 59.1 Å². The van der Waals surface area contributed by atoms with E-state index in [-0.39, 0.29) is 5.54 Å². The first-order valence-electron chi connectivity index (χ1n) is 6.85. The van der Waals surface area contributed by atoms with Crippen LogP contribution in [0.4, 0.5) is 10.5 Å². The third-order valence-corrected chi connectivity index (χ3v) is 2.59. The van der Waals surface area contributed by atoms with E-state index in [1.807, 2.05) is 59.7 Å². The van der Waals surface area contributed by atoms with Crippen LogP contribution in [0.15, 0.2) is 18.2 Å². The molecule has 0 fully saturated rings. The van der Waals surface area contributed by atoms with Crippen LogP contribution in [0.5, 0.6) is 0 Å². The minimum absolute atomic E-state index is 0.244. The molecule has 20 heavy (non-hydrogen) atoms. The molecular formula is C16H26N2O2. The van der Waals surface area contributed by atoms with Crippen molar-refractivity contribution in [1.82, 2.24) is 0 Å². The van der Waals surface area contributed by atoms with Gasteiger partial charge in [0, 0.05) is 11.2 Å². The van der Waals surface area contributed by atoms with Gasteiger partial charge in [-0.3, -0.25) is 5.32 Å². The molecule has 4 heteroatoms. The summed E-state index contributed by atoms with van der Waals surface area (Å²) in [4.78, 5) is 11.7. The van der Waals surface area contributed by atoms with Crippen molar-refractivity contribution >= 4 is 11.8 Å². The van der Waals surface area contributed by atoms with E-state index < -0.39 is 11.7 Å². The van der Waals surface area contributed by atoms with E-state index in [0.717, 1.165) is 23.2 Å². The minimum Gasteiger partial charge on any atom is -0.444 e. The Morgan fingerprint density at radius 1 is 1.25 bits per heavy atom. The number of benzene rings is 1. The van der Waals surface area contributed by atoms with Crippen molar-refractivity contribution in [2.75, 3.05) is 5.32 Å². The van der Waals surface area contributed by atoms with E-state index in [1.165, 1.54) is 0 Å². The lowest BCUT2D eigenvalue weighted by atomic mass is 9.95. The summed E-state index contributed by atoms with van der Waals surface area (Å²) in [5, 5.41) is 2.76. The number of aryl methyl sites for hydroxylation is 1. The molecule has 1 rings (SSSR count). The minimum atomic E-state index is -0.499. The molecule has 0 aromatic heterocycles. The van der Waals surface area contributed by atoms with E-state index in [1.54, 1.807) is 0 Å². The van der Waals surface area contributed by atoms with Crippen molar-refractivity contribution in [1.29, 1.82) is 0 Å². The zero-order valence-electron chi connectivity index (χ0n) is 13.3. The standard InChI is InChI=1S/C16H26N2O2/c1-11-9-12(10-16(5,6)17)7-8-13(11)18-14(19)20-15(2,3)4/h7-9H,10,17H2,1-6H3,(H,18,19). The van der Waals surface area contributed by atoms with Crippen LogP contribution in [0.3, 0.4) is 0 Å². The van der Waals surface area contributed by atoms with Gasteiger partial charge in [0.25, 0.3) is 0 Å².